The first-order valence-corrected chi connectivity index (χ1v) is 4.45. The number of hydrogen-bond donors (Lipinski definition) is 1. The summed E-state index contributed by atoms with van der Waals surface area (Å²) in [6.07, 6.45) is 8.66. The molecule has 1 atom stereocenters. The molecule has 0 amide bonds. The first-order valence-electron chi connectivity index (χ1n) is 4.45. The van der Waals surface area contributed by atoms with Crippen LogP contribution in [0, 0.1) is 12.3 Å². The highest BCUT2D eigenvalue weighted by molar-refractivity contribution is 5.97. The Balaban J connectivity index is 2.84. The molecule has 14 heavy (non-hydrogen) atoms. The van der Waals surface area contributed by atoms with Crippen LogP contribution in [0.2, 0.25) is 0 Å². The average Bonchev–Trinajstić information content (AvgIpc) is 2.64. The van der Waals surface area contributed by atoms with E-state index in [2.05, 4.69) is 10.9 Å². The Hall–Kier alpha value is -1.60. The molecule has 0 spiro atoms. The first kappa shape index (κ1) is 10.5. The lowest BCUT2D eigenvalue weighted by atomic mass is 10.1. The Bertz CT molecular complexity index is 362. The number of terminal acetylenes is 1. The SMILES string of the molecule is C#CCC(N)C(=O)c1nccn1CC. The van der Waals surface area contributed by atoms with Crippen LogP contribution < -0.4 is 5.73 Å². The number of rotatable bonds is 4. The van der Waals surface area contributed by atoms with E-state index in [1.807, 2.05) is 6.92 Å². The zero-order valence-electron chi connectivity index (χ0n) is 8.10. The van der Waals surface area contributed by atoms with Gasteiger partial charge in [-0.05, 0) is 6.92 Å². The molecule has 1 unspecified atom stereocenters. The van der Waals surface area contributed by atoms with Crippen LogP contribution >= 0.6 is 0 Å². The summed E-state index contributed by atoms with van der Waals surface area (Å²) in [4.78, 5) is 15.6. The Morgan fingerprint density at radius 2 is 2.57 bits per heavy atom. The topological polar surface area (TPSA) is 60.9 Å². The van der Waals surface area contributed by atoms with Gasteiger partial charge in [-0.15, -0.1) is 12.3 Å². The molecule has 0 saturated carbocycles. The van der Waals surface area contributed by atoms with Crippen LogP contribution in [0.1, 0.15) is 24.0 Å². The highest BCUT2D eigenvalue weighted by atomic mass is 16.1. The van der Waals surface area contributed by atoms with E-state index in [1.54, 1.807) is 17.0 Å². The quantitative estimate of drug-likeness (QED) is 0.554. The van der Waals surface area contributed by atoms with Crippen LogP contribution in [0.25, 0.3) is 0 Å². The molecule has 0 radical (unpaired) electrons. The van der Waals surface area contributed by atoms with E-state index in [0.29, 0.717) is 12.4 Å². The lowest BCUT2D eigenvalue weighted by molar-refractivity contribution is 0.0948. The molecule has 1 heterocycles. The highest BCUT2D eigenvalue weighted by Gasteiger charge is 2.18. The van der Waals surface area contributed by atoms with Gasteiger partial charge >= 0.3 is 0 Å². The number of nitrogens with zero attached hydrogens (tertiary/aromatic N) is 2. The molecule has 1 rings (SSSR count). The van der Waals surface area contributed by atoms with Gasteiger partial charge in [0, 0.05) is 25.4 Å². The van der Waals surface area contributed by atoms with Crippen LogP contribution in [-0.2, 0) is 6.54 Å². The molecule has 0 fully saturated rings. The van der Waals surface area contributed by atoms with Gasteiger partial charge in [0.1, 0.15) is 0 Å². The van der Waals surface area contributed by atoms with Gasteiger partial charge in [0.2, 0.25) is 5.78 Å². The van der Waals surface area contributed by atoms with Crippen LogP contribution in [0.15, 0.2) is 12.4 Å². The van der Waals surface area contributed by atoms with Crippen molar-refractivity contribution >= 4 is 5.78 Å². The number of aryl methyl sites for hydroxylation is 1. The first-order chi connectivity index (χ1) is 6.70. The molecule has 0 bridgehead atoms. The zero-order valence-corrected chi connectivity index (χ0v) is 8.10. The Morgan fingerprint density at radius 1 is 1.86 bits per heavy atom. The van der Waals surface area contributed by atoms with Crippen molar-refractivity contribution in [3.63, 3.8) is 0 Å². The van der Waals surface area contributed by atoms with Crippen molar-refractivity contribution < 1.29 is 4.79 Å². The highest BCUT2D eigenvalue weighted by Crippen LogP contribution is 2.02. The van der Waals surface area contributed by atoms with Crippen LogP contribution in [0.4, 0.5) is 0 Å². The summed E-state index contributed by atoms with van der Waals surface area (Å²) in [5.41, 5.74) is 5.60. The van der Waals surface area contributed by atoms with Gasteiger partial charge in [0.05, 0.1) is 6.04 Å². The van der Waals surface area contributed by atoms with E-state index in [-0.39, 0.29) is 12.2 Å². The second-order valence-electron chi connectivity index (χ2n) is 2.92. The number of carbonyl (C=O) groups is 1. The zero-order chi connectivity index (χ0) is 10.6. The van der Waals surface area contributed by atoms with Crippen molar-refractivity contribution in [3.05, 3.63) is 18.2 Å². The van der Waals surface area contributed by atoms with E-state index in [9.17, 15) is 4.79 Å². The molecule has 0 aromatic carbocycles. The summed E-state index contributed by atoms with van der Waals surface area (Å²) < 4.78 is 1.75. The summed E-state index contributed by atoms with van der Waals surface area (Å²) in [6.45, 7) is 2.63. The monoisotopic (exact) mass is 191 g/mol. The molecule has 1 aromatic heterocycles. The third-order valence-electron chi connectivity index (χ3n) is 1.95. The Kier molecular flexibility index (Phi) is 3.43. The molecular formula is C10H13N3O. The van der Waals surface area contributed by atoms with Crippen LogP contribution in [0.5, 0.6) is 0 Å². The summed E-state index contributed by atoms with van der Waals surface area (Å²) in [5, 5.41) is 0. The molecule has 2 N–H and O–H groups in total. The number of imidazole rings is 1. The van der Waals surface area contributed by atoms with Gasteiger partial charge in [-0.25, -0.2) is 4.98 Å². The second kappa shape index (κ2) is 4.58. The fourth-order valence-corrected chi connectivity index (χ4v) is 1.17. The molecule has 4 nitrogen and oxygen atoms in total. The summed E-state index contributed by atoms with van der Waals surface area (Å²) in [5.74, 6) is 2.55. The third kappa shape index (κ3) is 2.01. The molecular weight excluding hydrogens is 178 g/mol. The van der Waals surface area contributed by atoms with Crippen molar-refractivity contribution in [1.29, 1.82) is 0 Å². The van der Waals surface area contributed by atoms with E-state index < -0.39 is 6.04 Å². The average molecular weight is 191 g/mol. The minimum absolute atomic E-state index is 0.199. The largest absolute Gasteiger partial charge is 0.329 e. The van der Waals surface area contributed by atoms with Gasteiger partial charge in [-0.1, -0.05) is 0 Å². The number of nitrogens with two attached hydrogens (primary N) is 1. The number of Topliss-reactive ketones (excluding diaryl/α,β-unsaturated/α-hetero) is 1. The maximum absolute atomic E-state index is 11.7. The fourth-order valence-electron chi connectivity index (χ4n) is 1.17. The lowest BCUT2D eigenvalue weighted by Crippen LogP contribution is -2.32. The minimum atomic E-state index is -0.646. The van der Waals surface area contributed by atoms with E-state index in [4.69, 9.17) is 12.2 Å². The van der Waals surface area contributed by atoms with Crippen molar-refractivity contribution in [2.45, 2.75) is 25.9 Å². The maximum Gasteiger partial charge on any atom is 0.215 e. The number of aromatic nitrogens is 2. The second-order valence-corrected chi connectivity index (χ2v) is 2.92. The van der Waals surface area contributed by atoms with Gasteiger partial charge in [0.15, 0.2) is 5.82 Å². The summed E-state index contributed by atoms with van der Waals surface area (Å²) in [7, 11) is 0. The van der Waals surface area contributed by atoms with Crippen molar-refractivity contribution in [3.8, 4) is 12.3 Å². The molecule has 4 heteroatoms. The predicted octanol–water partition coefficient (Wildman–Crippen LogP) is 0.436. The molecule has 74 valence electrons. The Labute approximate surface area is 83.1 Å². The fraction of sp³-hybridized carbons (Fsp3) is 0.400. The Morgan fingerprint density at radius 3 is 3.14 bits per heavy atom. The van der Waals surface area contributed by atoms with Crippen molar-refractivity contribution in [2.24, 2.45) is 5.73 Å². The number of carbonyl (C=O) groups excluding carboxylic acids is 1. The van der Waals surface area contributed by atoms with Crippen LogP contribution in [0.3, 0.4) is 0 Å². The van der Waals surface area contributed by atoms with Gasteiger partial charge < -0.3 is 10.3 Å². The lowest BCUT2D eigenvalue weighted by Gasteiger charge is -2.07. The smallest absolute Gasteiger partial charge is 0.215 e. The molecule has 0 aliphatic heterocycles. The van der Waals surface area contributed by atoms with Gasteiger partial charge in [-0.3, -0.25) is 4.79 Å². The number of ketones is 1. The van der Waals surface area contributed by atoms with Crippen LogP contribution in [-0.4, -0.2) is 21.4 Å². The normalized spacial score (nSPS) is 12.1. The van der Waals surface area contributed by atoms with Gasteiger partial charge in [-0.2, -0.15) is 0 Å². The standard InChI is InChI=1S/C10H13N3O/c1-3-5-8(11)9(14)10-12-6-7-13(10)4-2/h1,6-8H,4-5,11H2,2H3. The minimum Gasteiger partial charge on any atom is -0.329 e. The van der Waals surface area contributed by atoms with Crippen molar-refractivity contribution in [2.75, 3.05) is 0 Å². The van der Waals surface area contributed by atoms with Gasteiger partial charge in [0.25, 0.3) is 0 Å². The third-order valence-corrected chi connectivity index (χ3v) is 1.95. The number of hydrogen-bond acceptors (Lipinski definition) is 3. The van der Waals surface area contributed by atoms with E-state index in [0.717, 1.165) is 0 Å². The van der Waals surface area contributed by atoms with E-state index >= 15 is 0 Å². The molecule has 0 saturated heterocycles. The summed E-state index contributed by atoms with van der Waals surface area (Å²) in [6, 6.07) is -0.646. The molecule has 0 aliphatic carbocycles. The molecule has 1 aromatic rings. The molecule has 0 aliphatic rings. The maximum atomic E-state index is 11.7. The predicted molar refractivity (Wildman–Crippen MR) is 53.7 cm³/mol. The summed E-state index contributed by atoms with van der Waals surface area (Å²) >= 11 is 0. The van der Waals surface area contributed by atoms with E-state index in [1.165, 1.54) is 0 Å². The van der Waals surface area contributed by atoms with Crippen molar-refractivity contribution in [1.82, 2.24) is 9.55 Å².